The summed E-state index contributed by atoms with van der Waals surface area (Å²) in [6, 6.07) is 7.35. The van der Waals surface area contributed by atoms with E-state index in [1.165, 1.54) is 0 Å². The molecule has 1 saturated heterocycles. The van der Waals surface area contributed by atoms with Crippen LogP contribution in [0.5, 0.6) is 0 Å². The number of benzene rings is 1. The van der Waals surface area contributed by atoms with Crippen molar-refractivity contribution in [3.05, 3.63) is 29.3 Å². The van der Waals surface area contributed by atoms with Gasteiger partial charge in [0.15, 0.2) is 0 Å². The summed E-state index contributed by atoms with van der Waals surface area (Å²) >= 11 is 6.31. The average molecular weight is 329 g/mol. The molecule has 2 aliphatic heterocycles. The van der Waals surface area contributed by atoms with Crippen LogP contribution in [-0.2, 0) is 9.53 Å². The Morgan fingerprint density at radius 2 is 2.29 bits per heavy atom. The summed E-state index contributed by atoms with van der Waals surface area (Å²) in [6.07, 6.45) is 0.761. The van der Waals surface area contributed by atoms with Crippen LogP contribution >= 0.6 is 19.0 Å². The maximum absolute atomic E-state index is 12.8. The zero-order valence-corrected chi connectivity index (χ0v) is 13.2. The molecule has 2 heterocycles. The van der Waals surface area contributed by atoms with E-state index < -0.39 is 19.6 Å². The number of aliphatic hydroxyl groups is 1. The van der Waals surface area contributed by atoms with Crippen molar-refractivity contribution in [1.29, 1.82) is 0 Å². The van der Waals surface area contributed by atoms with Gasteiger partial charge < -0.3 is 0 Å². The Labute approximate surface area is 128 Å². The molecule has 2 atom stereocenters. The van der Waals surface area contributed by atoms with E-state index >= 15 is 0 Å². The van der Waals surface area contributed by atoms with Gasteiger partial charge in [-0.1, -0.05) is 0 Å². The molecule has 2 aliphatic rings. The first-order chi connectivity index (χ1) is 10.1. The van der Waals surface area contributed by atoms with Gasteiger partial charge in [-0.05, 0) is 0 Å². The molecule has 3 rings (SSSR count). The second-order valence-corrected chi connectivity index (χ2v) is 9.29. The van der Waals surface area contributed by atoms with Crippen molar-refractivity contribution in [3.63, 3.8) is 0 Å². The first kappa shape index (κ1) is 14.9. The van der Waals surface area contributed by atoms with Crippen molar-refractivity contribution in [2.75, 3.05) is 12.7 Å². The van der Waals surface area contributed by atoms with Gasteiger partial charge in [-0.2, -0.15) is 0 Å². The number of aliphatic hydroxyl groups excluding tert-OH is 1. The van der Waals surface area contributed by atoms with Crippen LogP contribution in [0.4, 0.5) is 0 Å². The second-order valence-electron chi connectivity index (χ2n) is 5.40. The number of rotatable bonds is 3. The van der Waals surface area contributed by atoms with E-state index in [0.717, 1.165) is 11.7 Å². The molecule has 5 nitrogen and oxygen atoms in total. The molecule has 0 radical (unpaired) electrons. The van der Waals surface area contributed by atoms with Gasteiger partial charge in [-0.25, -0.2) is 0 Å². The summed E-state index contributed by atoms with van der Waals surface area (Å²) in [5.41, 5.74) is 5.54. The normalized spacial score (nSPS) is 26.5. The standard InChI is InChI=1S/C14H18ClN2O3P/c15-9-4-1-2-6-12(9)21-7-3-5-11(14(21)19)20-13(17-21)10(18)8-16/h1-2,4,6,10-11,18,21H,3,5,7-8,16H2. The van der Waals surface area contributed by atoms with Crippen LogP contribution in [0.15, 0.2) is 29.0 Å². The van der Waals surface area contributed by atoms with Crippen LogP contribution in [0.2, 0.25) is 5.02 Å². The SMILES string of the molecule is NCC(O)C1=N[PH]2(c3ccccc3Cl)CCCC(O1)C2=O. The van der Waals surface area contributed by atoms with Gasteiger partial charge in [0.1, 0.15) is 0 Å². The van der Waals surface area contributed by atoms with Gasteiger partial charge in [-0.3, -0.25) is 0 Å². The molecule has 2 unspecified atom stereocenters. The number of ether oxygens (including phenoxy) is 1. The monoisotopic (exact) mass is 328 g/mol. The van der Waals surface area contributed by atoms with Gasteiger partial charge in [0, 0.05) is 0 Å². The summed E-state index contributed by atoms with van der Waals surface area (Å²) in [6.45, 7) is 0.0206. The molecular weight excluding hydrogens is 311 g/mol. The van der Waals surface area contributed by atoms with Gasteiger partial charge in [0.05, 0.1) is 0 Å². The number of carbonyl (C=O) groups excluding carboxylic acids is 1. The van der Waals surface area contributed by atoms with E-state index in [1.54, 1.807) is 6.07 Å². The second kappa shape index (κ2) is 5.65. The molecule has 21 heavy (non-hydrogen) atoms. The van der Waals surface area contributed by atoms with E-state index in [2.05, 4.69) is 4.76 Å². The van der Waals surface area contributed by atoms with E-state index in [1.807, 2.05) is 18.2 Å². The van der Waals surface area contributed by atoms with Gasteiger partial charge in [0.25, 0.3) is 0 Å². The number of nitrogens with zero attached hydrogens (tertiary/aromatic N) is 1. The van der Waals surface area contributed by atoms with Crippen molar-refractivity contribution in [2.24, 2.45) is 10.5 Å². The summed E-state index contributed by atoms with van der Waals surface area (Å²) in [4.78, 5) is 12.8. The summed E-state index contributed by atoms with van der Waals surface area (Å²) in [5.74, 6) is 0.202. The van der Waals surface area contributed by atoms with Crippen LogP contribution in [0.1, 0.15) is 12.8 Å². The molecule has 0 aliphatic carbocycles. The number of hydrogen-bond acceptors (Lipinski definition) is 5. The summed E-state index contributed by atoms with van der Waals surface area (Å²) in [5, 5.41) is 11.3. The van der Waals surface area contributed by atoms with Crippen molar-refractivity contribution in [3.8, 4) is 0 Å². The van der Waals surface area contributed by atoms with Crippen LogP contribution < -0.4 is 11.0 Å². The fraction of sp³-hybridized carbons (Fsp3) is 0.429. The Kier molecular flexibility index (Phi) is 4.02. The zero-order chi connectivity index (χ0) is 15.0. The number of hydrogen-bond donors (Lipinski definition) is 2. The topological polar surface area (TPSA) is 84.9 Å². The zero-order valence-electron chi connectivity index (χ0n) is 11.5. The van der Waals surface area contributed by atoms with Gasteiger partial charge in [-0.15, -0.1) is 0 Å². The Bertz CT molecular complexity index is 610. The molecule has 2 bridgehead atoms. The number of halogens is 1. The minimum absolute atomic E-state index is 0.0206. The molecule has 0 spiro atoms. The molecule has 0 aromatic heterocycles. The van der Waals surface area contributed by atoms with Crippen molar-refractivity contribution >= 4 is 35.7 Å². The van der Waals surface area contributed by atoms with Crippen LogP contribution in [0.3, 0.4) is 0 Å². The van der Waals surface area contributed by atoms with Gasteiger partial charge in [0.2, 0.25) is 0 Å². The predicted molar refractivity (Wildman–Crippen MR) is 85.9 cm³/mol. The minimum atomic E-state index is -2.82. The third-order valence-corrected chi connectivity index (χ3v) is 8.73. The van der Waals surface area contributed by atoms with E-state index in [-0.39, 0.29) is 18.0 Å². The molecule has 1 aromatic rings. The Morgan fingerprint density at radius 3 is 3.00 bits per heavy atom. The summed E-state index contributed by atoms with van der Waals surface area (Å²) in [7, 11) is -2.82. The Balaban J connectivity index is 2.16. The van der Waals surface area contributed by atoms with Crippen molar-refractivity contribution in [1.82, 2.24) is 0 Å². The fourth-order valence-electron chi connectivity index (χ4n) is 3.03. The molecule has 0 amide bonds. The average Bonchev–Trinajstić information content (AvgIpc) is 2.47. The van der Waals surface area contributed by atoms with Crippen LogP contribution in [0, 0.1) is 0 Å². The third-order valence-electron chi connectivity index (χ3n) is 4.10. The Morgan fingerprint density at radius 1 is 1.52 bits per heavy atom. The molecular formula is C14H18ClN2O3P. The molecule has 1 aromatic carbocycles. The number of nitrogens with two attached hydrogens (primary N) is 1. The molecule has 7 heteroatoms. The Hall–Kier alpha value is -1.00. The van der Waals surface area contributed by atoms with Crippen LogP contribution in [-0.4, -0.2) is 41.4 Å². The maximum atomic E-state index is 12.8. The molecule has 114 valence electrons. The van der Waals surface area contributed by atoms with Crippen LogP contribution in [0.25, 0.3) is 0 Å². The quantitative estimate of drug-likeness (QED) is 0.813. The van der Waals surface area contributed by atoms with E-state index in [0.29, 0.717) is 17.6 Å². The van der Waals surface area contributed by atoms with Gasteiger partial charge >= 0.3 is 128 Å². The number of carbonyl (C=O) groups is 1. The predicted octanol–water partition coefficient (Wildman–Crippen LogP) is 1.07. The number of fused-ring (bicyclic) bond motifs is 2. The fourth-order valence-corrected chi connectivity index (χ4v) is 7.63. The van der Waals surface area contributed by atoms with Crippen molar-refractivity contribution < 1.29 is 14.6 Å². The molecule has 3 N–H and O–H groups in total. The van der Waals surface area contributed by atoms with E-state index in [4.69, 9.17) is 22.1 Å². The molecule has 0 saturated carbocycles. The molecule has 1 fully saturated rings. The summed E-state index contributed by atoms with van der Waals surface area (Å²) < 4.78 is 10.2. The first-order valence-electron chi connectivity index (χ1n) is 7.02. The van der Waals surface area contributed by atoms with E-state index in [9.17, 15) is 9.90 Å². The first-order valence-corrected chi connectivity index (χ1v) is 9.55. The van der Waals surface area contributed by atoms with Crippen molar-refractivity contribution in [2.45, 2.75) is 25.0 Å². The third kappa shape index (κ3) is 2.38.